The van der Waals surface area contributed by atoms with Gasteiger partial charge in [0.25, 0.3) is 0 Å². The van der Waals surface area contributed by atoms with Crippen molar-refractivity contribution >= 4 is 0 Å². The molecule has 62 valence electrons. The SMILES string of the molecule is C#Cc1cnc(OC)nc1OC. The van der Waals surface area contributed by atoms with Gasteiger partial charge in [0.15, 0.2) is 0 Å². The third kappa shape index (κ3) is 1.45. The largest absolute Gasteiger partial charge is 0.480 e. The van der Waals surface area contributed by atoms with Crippen LogP contribution in [0.1, 0.15) is 5.56 Å². The van der Waals surface area contributed by atoms with Gasteiger partial charge in [-0.1, -0.05) is 5.92 Å². The summed E-state index contributed by atoms with van der Waals surface area (Å²) < 4.78 is 9.69. The molecule has 4 nitrogen and oxygen atoms in total. The third-order valence-electron chi connectivity index (χ3n) is 1.26. The van der Waals surface area contributed by atoms with E-state index in [0.29, 0.717) is 11.4 Å². The lowest BCUT2D eigenvalue weighted by atomic mass is 10.3. The van der Waals surface area contributed by atoms with Crippen LogP contribution in [-0.2, 0) is 0 Å². The first-order valence-electron chi connectivity index (χ1n) is 3.23. The second-order valence-corrected chi connectivity index (χ2v) is 1.92. The van der Waals surface area contributed by atoms with E-state index in [2.05, 4.69) is 15.9 Å². The van der Waals surface area contributed by atoms with Crippen LogP contribution in [0.2, 0.25) is 0 Å². The predicted molar refractivity (Wildman–Crippen MR) is 43.1 cm³/mol. The normalized spacial score (nSPS) is 8.75. The smallest absolute Gasteiger partial charge is 0.319 e. The van der Waals surface area contributed by atoms with Gasteiger partial charge in [-0.3, -0.25) is 0 Å². The van der Waals surface area contributed by atoms with Crippen molar-refractivity contribution in [3.05, 3.63) is 11.8 Å². The van der Waals surface area contributed by atoms with E-state index in [9.17, 15) is 0 Å². The molecule has 0 N–H and O–H groups in total. The highest BCUT2D eigenvalue weighted by molar-refractivity contribution is 5.38. The number of rotatable bonds is 2. The number of ether oxygens (including phenoxy) is 2. The van der Waals surface area contributed by atoms with Crippen LogP contribution in [0.25, 0.3) is 0 Å². The van der Waals surface area contributed by atoms with Gasteiger partial charge >= 0.3 is 6.01 Å². The fourth-order valence-corrected chi connectivity index (χ4v) is 0.704. The van der Waals surface area contributed by atoms with Gasteiger partial charge in [0.2, 0.25) is 5.88 Å². The van der Waals surface area contributed by atoms with E-state index in [0.717, 1.165) is 0 Å². The number of terminal acetylenes is 1. The average molecular weight is 164 g/mol. The zero-order valence-electron chi connectivity index (χ0n) is 6.87. The zero-order valence-corrected chi connectivity index (χ0v) is 6.87. The molecule has 0 aliphatic rings. The Kier molecular flexibility index (Phi) is 2.49. The number of hydrogen-bond donors (Lipinski definition) is 0. The Balaban J connectivity index is 3.13. The van der Waals surface area contributed by atoms with Crippen LogP contribution in [-0.4, -0.2) is 24.2 Å². The highest BCUT2D eigenvalue weighted by atomic mass is 16.5. The summed E-state index contributed by atoms with van der Waals surface area (Å²) in [7, 11) is 2.97. The quantitative estimate of drug-likeness (QED) is 0.596. The Morgan fingerprint density at radius 2 is 2.17 bits per heavy atom. The number of nitrogens with zero attached hydrogens (tertiary/aromatic N) is 2. The molecule has 0 saturated carbocycles. The van der Waals surface area contributed by atoms with Gasteiger partial charge in [0.05, 0.1) is 20.4 Å². The predicted octanol–water partition coefficient (Wildman–Crippen LogP) is 0.475. The zero-order chi connectivity index (χ0) is 8.97. The summed E-state index contributed by atoms with van der Waals surface area (Å²) in [5.74, 6) is 2.74. The van der Waals surface area contributed by atoms with Gasteiger partial charge < -0.3 is 9.47 Å². The summed E-state index contributed by atoms with van der Waals surface area (Å²) in [6.07, 6.45) is 6.64. The van der Waals surface area contributed by atoms with Crippen LogP contribution < -0.4 is 9.47 Å². The number of methoxy groups -OCH3 is 2. The summed E-state index contributed by atoms with van der Waals surface area (Å²) in [6.45, 7) is 0. The average Bonchev–Trinajstić information content (AvgIpc) is 2.16. The van der Waals surface area contributed by atoms with Crippen molar-refractivity contribution in [3.63, 3.8) is 0 Å². The molecular formula is C8H8N2O2. The van der Waals surface area contributed by atoms with E-state index in [1.54, 1.807) is 0 Å². The minimum Gasteiger partial charge on any atom is -0.480 e. The summed E-state index contributed by atoms with van der Waals surface area (Å²) >= 11 is 0. The Hall–Kier alpha value is -1.76. The van der Waals surface area contributed by atoms with Crippen molar-refractivity contribution in [2.75, 3.05) is 14.2 Å². The summed E-state index contributed by atoms with van der Waals surface area (Å²) in [5, 5.41) is 0. The van der Waals surface area contributed by atoms with Gasteiger partial charge in [-0.2, -0.15) is 4.98 Å². The lowest BCUT2D eigenvalue weighted by Crippen LogP contribution is -1.97. The van der Waals surface area contributed by atoms with E-state index in [4.69, 9.17) is 15.9 Å². The number of aromatic nitrogens is 2. The standard InChI is InChI=1S/C8H8N2O2/c1-4-6-5-9-8(12-3)10-7(6)11-2/h1,5H,2-3H3. The van der Waals surface area contributed by atoms with Crippen molar-refractivity contribution in [2.24, 2.45) is 0 Å². The maximum atomic E-state index is 5.17. The molecule has 0 fully saturated rings. The van der Waals surface area contributed by atoms with Crippen LogP contribution in [0.3, 0.4) is 0 Å². The molecule has 0 aliphatic heterocycles. The molecule has 0 unspecified atom stereocenters. The Morgan fingerprint density at radius 1 is 1.42 bits per heavy atom. The van der Waals surface area contributed by atoms with Gasteiger partial charge in [0.1, 0.15) is 5.56 Å². The van der Waals surface area contributed by atoms with Crippen molar-refractivity contribution in [3.8, 4) is 24.2 Å². The fraction of sp³-hybridized carbons (Fsp3) is 0.250. The molecule has 0 atom stereocenters. The van der Waals surface area contributed by atoms with Crippen LogP contribution in [0.15, 0.2) is 6.20 Å². The summed E-state index contributed by atoms with van der Waals surface area (Å²) in [5.41, 5.74) is 0.512. The van der Waals surface area contributed by atoms with Crippen molar-refractivity contribution in [1.82, 2.24) is 9.97 Å². The topological polar surface area (TPSA) is 44.2 Å². The number of hydrogen-bond acceptors (Lipinski definition) is 4. The van der Waals surface area contributed by atoms with E-state index in [1.165, 1.54) is 20.4 Å². The van der Waals surface area contributed by atoms with Gasteiger partial charge in [-0.05, 0) is 0 Å². The maximum absolute atomic E-state index is 5.17. The molecule has 12 heavy (non-hydrogen) atoms. The molecule has 1 aromatic rings. The second kappa shape index (κ2) is 3.58. The lowest BCUT2D eigenvalue weighted by Gasteiger charge is -2.02. The second-order valence-electron chi connectivity index (χ2n) is 1.92. The highest BCUT2D eigenvalue weighted by Crippen LogP contribution is 2.14. The fourth-order valence-electron chi connectivity index (χ4n) is 0.704. The van der Waals surface area contributed by atoms with Crippen LogP contribution >= 0.6 is 0 Å². The summed E-state index contributed by atoms with van der Waals surface area (Å²) in [6, 6.07) is 0.242. The van der Waals surface area contributed by atoms with E-state index < -0.39 is 0 Å². The molecule has 0 amide bonds. The Morgan fingerprint density at radius 3 is 2.67 bits per heavy atom. The van der Waals surface area contributed by atoms with Crippen molar-refractivity contribution < 1.29 is 9.47 Å². The molecule has 0 saturated heterocycles. The minimum atomic E-state index is 0.242. The van der Waals surface area contributed by atoms with Gasteiger partial charge in [-0.25, -0.2) is 4.98 Å². The van der Waals surface area contributed by atoms with Crippen LogP contribution in [0.4, 0.5) is 0 Å². The van der Waals surface area contributed by atoms with Crippen LogP contribution in [0.5, 0.6) is 11.9 Å². The van der Waals surface area contributed by atoms with Gasteiger partial charge in [0, 0.05) is 0 Å². The van der Waals surface area contributed by atoms with Crippen LogP contribution in [0, 0.1) is 12.3 Å². The summed E-state index contributed by atoms with van der Waals surface area (Å²) in [4.78, 5) is 7.70. The van der Waals surface area contributed by atoms with E-state index in [-0.39, 0.29) is 6.01 Å². The molecule has 0 bridgehead atoms. The minimum absolute atomic E-state index is 0.242. The van der Waals surface area contributed by atoms with E-state index >= 15 is 0 Å². The highest BCUT2D eigenvalue weighted by Gasteiger charge is 2.04. The van der Waals surface area contributed by atoms with Gasteiger partial charge in [-0.15, -0.1) is 6.42 Å². The molecule has 0 spiro atoms. The Bertz CT molecular complexity index is 317. The molecule has 4 heteroatoms. The molecule has 0 aliphatic carbocycles. The molecular weight excluding hydrogens is 156 g/mol. The third-order valence-corrected chi connectivity index (χ3v) is 1.26. The monoisotopic (exact) mass is 164 g/mol. The molecule has 1 heterocycles. The molecule has 1 rings (SSSR count). The molecule has 0 radical (unpaired) electrons. The van der Waals surface area contributed by atoms with Crippen molar-refractivity contribution in [1.29, 1.82) is 0 Å². The molecule has 0 aromatic carbocycles. The van der Waals surface area contributed by atoms with Crippen molar-refractivity contribution in [2.45, 2.75) is 0 Å². The molecule has 1 aromatic heterocycles. The Labute approximate surface area is 70.6 Å². The maximum Gasteiger partial charge on any atom is 0.319 e. The lowest BCUT2D eigenvalue weighted by molar-refractivity contribution is 0.351. The first-order valence-corrected chi connectivity index (χ1v) is 3.23. The first kappa shape index (κ1) is 8.34. The van der Waals surface area contributed by atoms with E-state index in [1.807, 2.05) is 0 Å². The first-order chi connectivity index (χ1) is 5.81.